The maximum absolute atomic E-state index is 9.89. The van der Waals surface area contributed by atoms with Gasteiger partial charge in [-0.2, -0.15) is 5.10 Å². The molecule has 0 aliphatic carbocycles. The van der Waals surface area contributed by atoms with E-state index < -0.39 is 0 Å². The SMILES string of the molecule is Cc1[nH]nc2ccc(-c3cc(O)cnc3-c3ccccc3)cc12. The summed E-state index contributed by atoms with van der Waals surface area (Å²) < 4.78 is 0. The van der Waals surface area contributed by atoms with Crippen LogP contribution in [0.5, 0.6) is 5.75 Å². The number of nitrogens with one attached hydrogen (secondary N) is 1. The van der Waals surface area contributed by atoms with Crippen LogP contribution < -0.4 is 0 Å². The molecule has 4 nitrogen and oxygen atoms in total. The molecule has 2 N–H and O–H groups in total. The third-order valence-corrected chi connectivity index (χ3v) is 3.98. The van der Waals surface area contributed by atoms with Crippen molar-refractivity contribution in [2.75, 3.05) is 0 Å². The molecule has 0 radical (unpaired) electrons. The predicted molar refractivity (Wildman–Crippen MR) is 91.2 cm³/mol. The summed E-state index contributed by atoms with van der Waals surface area (Å²) in [6, 6.07) is 17.8. The molecule has 23 heavy (non-hydrogen) atoms. The van der Waals surface area contributed by atoms with Crippen LogP contribution in [0.2, 0.25) is 0 Å². The molecule has 2 aromatic carbocycles. The van der Waals surface area contributed by atoms with Crippen molar-refractivity contribution in [2.45, 2.75) is 6.92 Å². The third-order valence-electron chi connectivity index (χ3n) is 3.98. The number of aryl methyl sites for hydroxylation is 1. The Labute approximate surface area is 133 Å². The number of hydrogen-bond donors (Lipinski definition) is 2. The molecule has 0 bridgehead atoms. The van der Waals surface area contributed by atoms with Crippen LogP contribution in [0.1, 0.15) is 5.69 Å². The Bertz CT molecular complexity index is 990. The van der Waals surface area contributed by atoms with Gasteiger partial charge in [-0.25, -0.2) is 0 Å². The highest BCUT2D eigenvalue weighted by Gasteiger charge is 2.12. The van der Waals surface area contributed by atoms with Crippen molar-refractivity contribution in [3.8, 4) is 28.1 Å². The first-order valence-corrected chi connectivity index (χ1v) is 7.42. The number of aromatic amines is 1. The van der Waals surface area contributed by atoms with E-state index in [-0.39, 0.29) is 5.75 Å². The van der Waals surface area contributed by atoms with Gasteiger partial charge in [0.05, 0.1) is 17.4 Å². The van der Waals surface area contributed by atoms with E-state index >= 15 is 0 Å². The van der Waals surface area contributed by atoms with Crippen molar-refractivity contribution >= 4 is 10.9 Å². The number of aromatic hydroxyl groups is 1. The molecule has 2 heterocycles. The van der Waals surface area contributed by atoms with E-state index in [4.69, 9.17) is 0 Å². The van der Waals surface area contributed by atoms with E-state index in [1.165, 1.54) is 6.20 Å². The highest BCUT2D eigenvalue weighted by molar-refractivity contribution is 5.90. The van der Waals surface area contributed by atoms with Gasteiger partial charge in [-0.15, -0.1) is 0 Å². The lowest BCUT2D eigenvalue weighted by Gasteiger charge is -2.10. The summed E-state index contributed by atoms with van der Waals surface area (Å²) in [5, 5.41) is 18.2. The molecule has 0 atom stereocenters. The molecule has 112 valence electrons. The second kappa shape index (κ2) is 5.25. The number of H-pyrrole nitrogens is 1. The van der Waals surface area contributed by atoms with E-state index in [2.05, 4.69) is 21.2 Å². The molecular formula is C19H15N3O. The Morgan fingerprint density at radius 3 is 2.61 bits per heavy atom. The van der Waals surface area contributed by atoms with E-state index in [1.54, 1.807) is 6.07 Å². The molecule has 4 rings (SSSR count). The fraction of sp³-hybridized carbons (Fsp3) is 0.0526. The Balaban J connectivity index is 1.96. The molecule has 0 saturated heterocycles. The molecule has 0 unspecified atom stereocenters. The molecule has 0 spiro atoms. The van der Waals surface area contributed by atoms with Gasteiger partial charge >= 0.3 is 0 Å². The van der Waals surface area contributed by atoms with Crippen LogP contribution >= 0.6 is 0 Å². The lowest BCUT2D eigenvalue weighted by molar-refractivity contribution is 0.473. The summed E-state index contributed by atoms with van der Waals surface area (Å²) in [5.41, 5.74) is 5.73. The Morgan fingerprint density at radius 2 is 1.78 bits per heavy atom. The second-order valence-corrected chi connectivity index (χ2v) is 5.54. The molecule has 2 aromatic heterocycles. The highest BCUT2D eigenvalue weighted by Crippen LogP contribution is 2.34. The largest absolute Gasteiger partial charge is 0.506 e. The smallest absolute Gasteiger partial charge is 0.134 e. The van der Waals surface area contributed by atoms with Crippen molar-refractivity contribution in [3.63, 3.8) is 0 Å². The summed E-state index contributed by atoms with van der Waals surface area (Å²) in [6.45, 7) is 2.00. The van der Waals surface area contributed by atoms with Crippen LogP contribution in [0.15, 0.2) is 60.8 Å². The molecule has 0 aliphatic rings. The minimum Gasteiger partial charge on any atom is -0.506 e. The van der Waals surface area contributed by atoms with Gasteiger partial charge in [0.2, 0.25) is 0 Å². The minimum absolute atomic E-state index is 0.156. The zero-order valence-corrected chi connectivity index (χ0v) is 12.6. The van der Waals surface area contributed by atoms with Crippen molar-refractivity contribution in [1.82, 2.24) is 15.2 Å². The van der Waals surface area contributed by atoms with E-state index in [0.29, 0.717) is 0 Å². The quantitative estimate of drug-likeness (QED) is 0.580. The first-order chi connectivity index (χ1) is 11.2. The van der Waals surface area contributed by atoms with E-state index in [9.17, 15) is 5.11 Å². The Morgan fingerprint density at radius 1 is 0.957 bits per heavy atom. The average molecular weight is 301 g/mol. The number of rotatable bonds is 2. The highest BCUT2D eigenvalue weighted by atomic mass is 16.3. The van der Waals surface area contributed by atoms with Crippen molar-refractivity contribution in [1.29, 1.82) is 0 Å². The fourth-order valence-electron chi connectivity index (χ4n) is 2.81. The predicted octanol–water partition coefficient (Wildman–Crippen LogP) is 4.31. The van der Waals surface area contributed by atoms with Gasteiger partial charge in [0.25, 0.3) is 0 Å². The monoisotopic (exact) mass is 301 g/mol. The van der Waals surface area contributed by atoms with Gasteiger partial charge in [0, 0.05) is 22.2 Å². The topological polar surface area (TPSA) is 61.8 Å². The molecule has 4 heteroatoms. The average Bonchev–Trinajstić information content (AvgIpc) is 2.96. The third kappa shape index (κ3) is 2.34. The maximum atomic E-state index is 9.89. The van der Waals surface area contributed by atoms with Crippen LogP contribution in [0.4, 0.5) is 0 Å². The zero-order valence-electron chi connectivity index (χ0n) is 12.6. The molecule has 4 aromatic rings. The van der Waals surface area contributed by atoms with Crippen molar-refractivity contribution in [2.24, 2.45) is 0 Å². The van der Waals surface area contributed by atoms with Crippen LogP contribution in [-0.4, -0.2) is 20.3 Å². The minimum atomic E-state index is 0.156. The first-order valence-electron chi connectivity index (χ1n) is 7.42. The Hall–Kier alpha value is -3.14. The van der Waals surface area contributed by atoms with E-state index in [0.717, 1.165) is 39.0 Å². The lowest BCUT2D eigenvalue weighted by Crippen LogP contribution is -1.89. The number of nitrogens with zero attached hydrogens (tertiary/aromatic N) is 2. The molecule has 0 amide bonds. The van der Waals surface area contributed by atoms with Crippen LogP contribution in [-0.2, 0) is 0 Å². The second-order valence-electron chi connectivity index (χ2n) is 5.54. The van der Waals surface area contributed by atoms with E-state index in [1.807, 2.05) is 49.4 Å². The number of aromatic nitrogens is 3. The number of fused-ring (bicyclic) bond motifs is 1. The lowest BCUT2D eigenvalue weighted by atomic mass is 9.98. The summed E-state index contributed by atoms with van der Waals surface area (Å²) in [5.74, 6) is 0.156. The molecule has 0 saturated carbocycles. The van der Waals surface area contributed by atoms with Crippen LogP contribution in [0.3, 0.4) is 0 Å². The van der Waals surface area contributed by atoms with Crippen molar-refractivity contribution < 1.29 is 5.11 Å². The summed E-state index contributed by atoms with van der Waals surface area (Å²) in [6.07, 6.45) is 1.48. The fourth-order valence-corrected chi connectivity index (χ4v) is 2.81. The van der Waals surface area contributed by atoms with Crippen LogP contribution in [0.25, 0.3) is 33.3 Å². The summed E-state index contributed by atoms with van der Waals surface area (Å²) in [4.78, 5) is 4.44. The molecule has 0 fully saturated rings. The van der Waals surface area contributed by atoms with Gasteiger partial charge in [-0.3, -0.25) is 10.1 Å². The molecule has 0 aliphatic heterocycles. The number of hydrogen-bond acceptors (Lipinski definition) is 3. The summed E-state index contributed by atoms with van der Waals surface area (Å²) in [7, 11) is 0. The first kappa shape index (κ1) is 13.5. The van der Waals surface area contributed by atoms with Gasteiger partial charge in [-0.05, 0) is 30.7 Å². The zero-order chi connectivity index (χ0) is 15.8. The number of pyridine rings is 1. The van der Waals surface area contributed by atoms with Crippen LogP contribution in [0, 0.1) is 6.92 Å². The summed E-state index contributed by atoms with van der Waals surface area (Å²) >= 11 is 0. The van der Waals surface area contributed by atoms with Gasteiger partial charge in [0.1, 0.15) is 5.75 Å². The molecular weight excluding hydrogens is 286 g/mol. The van der Waals surface area contributed by atoms with Gasteiger partial charge in [-0.1, -0.05) is 36.4 Å². The normalized spacial score (nSPS) is 11.0. The van der Waals surface area contributed by atoms with Gasteiger partial charge in [0.15, 0.2) is 0 Å². The standard InChI is InChI=1S/C19H15N3O/c1-12-16-9-14(7-8-18(16)22-21-12)17-10-15(23)11-20-19(17)13-5-3-2-4-6-13/h2-11,23H,1H3,(H,21,22). The maximum Gasteiger partial charge on any atom is 0.134 e. The van der Waals surface area contributed by atoms with Gasteiger partial charge < -0.3 is 5.11 Å². The van der Waals surface area contributed by atoms with Crippen molar-refractivity contribution in [3.05, 3.63) is 66.5 Å². The number of benzene rings is 2. The Kier molecular flexibility index (Phi) is 3.08.